The second-order valence-electron chi connectivity index (χ2n) is 5.70. The fourth-order valence-electron chi connectivity index (χ4n) is 1.93. The minimum atomic E-state index is 0.0158. The number of hydrogen-bond donors (Lipinski definition) is 1. The van der Waals surface area contributed by atoms with E-state index < -0.39 is 0 Å². The van der Waals surface area contributed by atoms with Gasteiger partial charge in [-0.05, 0) is 23.5 Å². The molecular formula is C15H21N3OS. The van der Waals surface area contributed by atoms with Gasteiger partial charge in [0.15, 0.2) is 0 Å². The molecule has 0 unspecified atom stereocenters. The van der Waals surface area contributed by atoms with E-state index in [0.29, 0.717) is 11.7 Å². The Labute approximate surface area is 124 Å². The molecule has 0 amide bonds. The van der Waals surface area contributed by atoms with Crippen molar-refractivity contribution in [1.29, 1.82) is 0 Å². The van der Waals surface area contributed by atoms with Crippen LogP contribution in [-0.4, -0.2) is 10.2 Å². The third kappa shape index (κ3) is 3.35. The van der Waals surface area contributed by atoms with Crippen molar-refractivity contribution in [3.63, 3.8) is 0 Å². The summed E-state index contributed by atoms with van der Waals surface area (Å²) in [6.45, 7) is 9.09. The standard InChI is InChI=1S/C15H21N3OS/c1-5-10-6-7-12(11(8-10)15(2,3)4)19-14-18-17-13(9-16)20-14/h6-8H,5,9,16H2,1-4H3. The first-order valence-corrected chi connectivity index (χ1v) is 7.59. The summed E-state index contributed by atoms with van der Waals surface area (Å²) in [5.41, 5.74) is 8.05. The molecule has 0 aliphatic rings. The van der Waals surface area contributed by atoms with Crippen LogP contribution in [0.2, 0.25) is 0 Å². The SMILES string of the molecule is CCc1ccc(Oc2nnc(CN)s2)c(C(C)(C)C)c1. The molecule has 2 N–H and O–H groups in total. The zero-order chi connectivity index (χ0) is 14.8. The molecule has 0 atom stereocenters. The monoisotopic (exact) mass is 291 g/mol. The van der Waals surface area contributed by atoms with Crippen molar-refractivity contribution in [3.05, 3.63) is 34.3 Å². The summed E-state index contributed by atoms with van der Waals surface area (Å²) in [5.74, 6) is 0.842. The predicted octanol–water partition coefficient (Wildman–Crippen LogP) is 3.65. The molecule has 2 aromatic rings. The molecule has 0 radical (unpaired) electrons. The zero-order valence-electron chi connectivity index (χ0n) is 12.4. The van der Waals surface area contributed by atoms with Crippen molar-refractivity contribution in [2.24, 2.45) is 5.73 Å². The minimum Gasteiger partial charge on any atom is -0.429 e. The van der Waals surface area contributed by atoms with Gasteiger partial charge in [0.2, 0.25) is 0 Å². The van der Waals surface area contributed by atoms with E-state index in [4.69, 9.17) is 10.5 Å². The van der Waals surface area contributed by atoms with E-state index in [9.17, 15) is 0 Å². The molecule has 0 fully saturated rings. The van der Waals surface area contributed by atoms with Gasteiger partial charge >= 0.3 is 0 Å². The molecule has 0 bridgehead atoms. The van der Waals surface area contributed by atoms with Crippen molar-refractivity contribution < 1.29 is 4.74 Å². The first-order chi connectivity index (χ1) is 9.44. The molecule has 2 rings (SSSR count). The van der Waals surface area contributed by atoms with Gasteiger partial charge in [-0.3, -0.25) is 0 Å². The Morgan fingerprint density at radius 2 is 2.00 bits per heavy atom. The van der Waals surface area contributed by atoms with Crippen LogP contribution in [0.4, 0.5) is 0 Å². The van der Waals surface area contributed by atoms with E-state index in [1.807, 2.05) is 6.07 Å². The van der Waals surface area contributed by atoms with E-state index in [1.54, 1.807) is 0 Å². The van der Waals surface area contributed by atoms with Crippen LogP contribution < -0.4 is 10.5 Å². The molecule has 20 heavy (non-hydrogen) atoms. The Morgan fingerprint density at radius 3 is 2.55 bits per heavy atom. The first kappa shape index (κ1) is 14.9. The molecule has 0 saturated heterocycles. The molecule has 108 valence electrons. The molecule has 1 aromatic carbocycles. The fourth-order valence-corrected chi connectivity index (χ4v) is 2.51. The molecule has 0 aliphatic carbocycles. The second-order valence-corrected chi connectivity index (χ2v) is 6.73. The van der Waals surface area contributed by atoms with Gasteiger partial charge in [0, 0.05) is 12.1 Å². The normalized spacial score (nSPS) is 11.7. The third-order valence-corrected chi connectivity index (χ3v) is 3.90. The highest BCUT2D eigenvalue weighted by molar-refractivity contribution is 7.13. The maximum absolute atomic E-state index is 5.91. The van der Waals surface area contributed by atoms with Crippen LogP contribution in [-0.2, 0) is 18.4 Å². The number of ether oxygens (including phenoxy) is 1. The highest BCUT2D eigenvalue weighted by Gasteiger charge is 2.20. The van der Waals surface area contributed by atoms with E-state index in [0.717, 1.165) is 17.2 Å². The van der Waals surface area contributed by atoms with Crippen molar-refractivity contribution in [2.75, 3.05) is 0 Å². The Hall–Kier alpha value is -1.46. The smallest absolute Gasteiger partial charge is 0.299 e. The van der Waals surface area contributed by atoms with E-state index in [2.05, 4.69) is 50.0 Å². The van der Waals surface area contributed by atoms with Crippen LogP contribution in [0.5, 0.6) is 10.9 Å². The van der Waals surface area contributed by atoms with E-state index >= 15 is 0 Å². The van der Waals surface area contributed by atoms with Crippen LogP contribution in [0.1, 0.15) is 43.8 Å². The lowest BCUT2D eigenvalue weighted by Gasteiger charge is -2.22. The van der Waals surface area contributed by atoms with Gasteiger partial charge in [-0.1, -0.05) is 56.3 Å². The van der Waals surface area contributed by atoms with Gasteiger partial charge in [-0.15, -0.1) is 5.10 Å². The molecular weight excluding hydrogens is 270 g/mol. The lowest BCUT2D eigenvalue weighted by atomic mass is 9.85. The summed E-state index contributed by atoms with van der Waals surface area (Å²) < 4.78 is 5.91. The van der Waals surface area contributed by atoms with Gasteiger partial charge in [0.25, 0.3) is 5.19 Å². The lowest BCUT2D eigenvalue weighted by Crippen LogP contribution is -2.13. The van der Waals surface area contributed by atoms with E-state index in [-0.39, 0.29) is 5.41 Å². The highest BCUT2D eigenvalue weighted by Crippen LogP contribution is 2.35. The average molecular weight is 291 g/mol. The summed E-state index contributed by atoms with van der Waals surface area (Å²) in [4.78, 5) is 0. The number of aryl methyl sites for hydroxylation is 1. The average Bonchev–Trinajstić information content (AvgIpc) is 2.85. The summed E-state index contributed by atoms with van der Waals surface area (Å²) in [6.07, 6.45) is 1.01. The number of nitrogens with zero attached hydrogens (tertiary/aromatic N) is 2. The maximum atomic E-state index is 5.91. The number of nitrogens with two attached hydrogens (primary N) is 1. The Balaban J connectivity index is 2.35. The van der Waals surface area contributed by atoms with Gasteiger partial charge < -0.3 is 10.5 Å². The van der Waals surface area contributed by atoms with Crippen LogP contribution >= 0.6 is 11.3 Å². The van der Waals surface area contributed by atoms with Gasteiger partial charge in [-0.2, -0.15) is 0 Å². The number of hydrogen-bond acceptors (Lipinski definition) is 5. The lowest BCUT2D eigenvalue weighted by molar-refractivity contribution is 0.448. The van der Waals surface area contributed by atoms with Crippen molar-refractivity contribution in [1.82, 2.24) is 10.2 Å². The molecule has 0 saturated carbocycles. The zero-order valence-corrected chi connectivity index (χ0v) is 13.3. The molecule has 0 aliphatic heterocycles. The Bertz CT molecular complexity index is 587. The predicted molar refractivity (Wildman–Crippen MR) is 82.4 cm³/mol. The third-order valence-electron chi connectivity index (χ3n) is 3.08. The first-order valence-electron chi connectivity index (χ1n) is 6.77. The van der Waals surface area contributed by atoms with E-state index in [1.165, 1.54) is 22.5 Å². The number of aromatic nitrogens is 2. The second kappa shape index (κ2) is 5.89. The molecule has 0 spiro atoms. The van der Waals surface area contributed by atoms with Crippen LogP contribution in [0.3, 0.4) is 0 Å². The highest BCUT2D eigenvalue weighted by atomic mass is 32.1. The molecule has 5 heteroatoms. The topological polar surface area (TPSA) is 61.0 Å². The Morgan fingerprint density at radius 1 is 1.25 bits per heavy atom. The van der Waals surface area contributed by atoms with Crippen LogP contribution in [0.25, 0.3) is 0 Å². The minimum absolute atomic E-state index is 0.0158. The summed E-state index contributed by atoms with van der Waals surface area (Å²) in [6, 6.07) is 6.32. The van der Waals surface area contributed by atoms with Gasteiger partial charge in [0.05, 0.1) is 0 Å². The molecule has 1 aromatic heterocycles. The van der Waals surface area contributed by atoms with Gasteiger partial charge in [0.1, 0.15) is 10.8 Å². The summed E-state index contributed by atoms with van der Waals surface area (Å²) in [5, 5.41) is 9.31. The summed E-state index contributed by atoms with van der Waals surface area (Å²) >= 11 is 1.39. The number of benzene rings is 1. The molecule has 4 nitrogen and oxygen atoms in total. The van der Waals surface area contributed by atoms with Crippen molar-refractivity contribution in [3.8, 4) is 10.9 Å². The fraction of sp³-hybridized carbons (Fsp3) is 0.467. The van der Waals surface area contributed by atoms with Crippen LogP contribution in [0, 0.1) is 0 Å². The largest absolute Gasteiger partial charge is 0.429 e. The maximum Gasteiger partial charge on any atom is 0.299 e. The molecule has 1 heterocycles. The van der Waals surface area contributed by atoms with Crippen LogP contribution in [0.15, 0.2) is 18.2 Å². The summed E-state index contributed by atoms with van der Waals surface area (Å²) in [7, 11) is 0. The quantitative estimate of drug-likeness (QED) is 0.934. The Kier molecular flexibility index (Phi) is 4.40. The van der Waals surface area contributed by atoms with Gasteiger partial charge in [-0.25, -0.2) is 0 Å². The van der Waals surface area contributed by atoms with Crippen molar-refractivity contribution in [2.45, 2.75) is 46.1 Å². The van der Waals surface area contributed by atoms with Crippen molar-refractivity contribution >= 4 is 11.3 Å². The number of rotatable bonds is 4.